The second kappa shape index (κ2) is 8.44. The fourth-order valence-corrected chi connectivity index (χ4v) is 2.81. The highest BCUT2D eigenvalue weighted by molar-refractivity contribution is 7.80. The Morgan fingerprint density at radius 2 is 1.61 bits per heavy atom. The van der Waals surface area contributed by atoms with Gasteiger partial charge in [-0.1, -0.05) is 24.4 Å². The van der Waals surface area contributed by atoms with E-state index in [-0.39, 0.29) is 17.0 Å². The highest BCUT2D eigenvalue weighted by Gasteiger charge is 2.19. The Labute approximate surface area is 174 Å². The van der Waals surface area contributed by atoms with Crippen LogP contribution in [0.25, 0.3) is 6.08 Å². The van der Waals surface area contributed by atoms with Gasteiger partial charge in [-0.3, -0.25) is 4.79 Å². The summed E-state index contributed by atoms with van der Waals surface area (Å²) in [5, 5.41) is 0. The lowest BCUT2D eigenvalue weighted by atomic mass is 10.0. The average Bonchev–Trinajstić information content (AvgIpc) is 2.54. The lowest BCUT2D eigenvalue weighted by molar-refractivity contribution is -0.111. The van der Waals surface area contributed by atoms with Crippen molar-refractivity contribution in [2.75, 3.05) is 0 Å². The van der Waals surface area contributed by atoms with Crippen LogP contribution in [0.4, 0.5) is 0 Å². The fraction of sp³-hybridized carbons (Fsp3) is 0.417. The van der Waals surface area contributed by atoms with Crippen molar-refractivity contribution in [1.29, 1.82) is 0 Å². The van der Waals surface area contributed by atoms with E-state index < -0.39 is 0 Å². The van der Waals surface area contributed by atoms with Crippen molar-refractivity contribution in [2.45, 2.75) is 66.1 Å². The summed E-state index contributed by atoms with van der Waals surface area (Å²) >= 11 is 5.13. The summed E-state index contributed by atoms with van der Waals surface area (Å²) in [6.45, 7) is 14.0. The Bertz CT molecular complexity index is 859. The predicted octanol–water partition coefficient (Wildman–Crippen LogP) is 6.19. The molecule has 2 rings (SSSR count). The van der Waals surface area contributed by atoms with Crippen LogP contribution in [0.2, 0.25) is 0 Å². The van der Waals surface area contributed by atoms with E-state index in [9.17, 15) is 4.79 Å². The molecule has 0 saturated carbocycles. The first kappa shape index (κ1) is 22.1. The summed E-state index contributed by atoms with van der Waals surface area (Å²) in [6, 6.07) is 3.90. The van der Waals surface area contributed by atoms with Crippen molar-refractivity contribution < 1.29 is 14.3 Å². The molecule has 0 aromatic heterocycles. The maximum Gasteiger partial charge on any atom is 0.185 e. The number of hydrogen-bond acceptors (Lipinski definition) is 4. The van der Waals surface area contributed by atoms with Crippen molar-refractivity contribution in [3.63, 3.8) is 0 Å². The Morgan fingerprint density at radius 3 is 2.14 bits per heavy atom. The number of ketones is 1. The highest BCUT2D eigenvalue weighted by Crippen LogP contribution is 2.34. The minimum Gasteiger partial charge on any atom is -0.488 e. The van der Waals surface area contributed by atoms with E-state index >= 15 is 0 Å². The van der Waals surface area contributed by atoms with E-state index in [2.05, 4.69) is 0 Å². The topological polar surface area (TPSA) is 35.5 Å². The smallest absolute Gasteiger partial charge is 0.185 e. The van der Waals surface area contributed by atoms with Crippen LogP contribution < -0.4 is 9.47 Å². The van der Waals surface area contributed by atoms with E-state index in [1.54, 1.807) is 18.2 Å². The average molecular weight is 399 g/mol. The maximum atomic E-state index is 12.5. The molecule has 0 bridgehead atoms. The van der Waals surface area contributed by atoms with Crippen molar-refractivity contribution >= 4 is 28.9 Å². The van der Waals surface area contributed by atoms with Crippen LogP contribution >= 0.6 is 12.2 Å². The van der Waals surface area contributed by atoms with E-state index in [0.717, 1.165) is 21.7 Å². The van der Waals surface area contributed by atoms with Gasteiger partial charge in [-0.2, -0.15) is 0 Å². The summed E-state index contributed by atoms with van der Waals surface area (Å²) in [5.41, 5.74) is 1.82. The first-order chi connectivity index (χ1) is 12.8. The van der Waals surface area contributed by atoms with Crippen LogP contribution in [0, 0.1) is 6.92 Å². The van der Waals surface area contributed by atoms with Gasteiger partial charge in [0.25, 0.3) is 0 Å². The number of benzene rings is 1. The normalized spacial score (nSPS) is 15.0. The molecule has 1 aromatic rings. The minimum atomic E-state index is -0.370. The third-order valence-electron chi connectivity index (χ3n) is 3.81. The number of carbonyl (C=O) groups excluding carboxylic acids is 1. The minimum absolute atomic E-state index is 0.0480. The summed E-state index contributed by atoms with van der Waals surface area (Å²) in [5.74, 6) is 1.42. The molecule has 3 nitrogen and oxygen atoms in total. The lowest BCUT2D eigenvalue weighted by Crippen LogP contribution is -2.25. The largest absolute Gasteiger partial charge is 0.488 e. The van der Waals surface area contributed by atoms with E-state index in [1.807, 2.05) is 72.8 Å². The fourth-order valence-electron chi connectivity index (χ4n) is 2.65. The van der Waals surface area contributed by atoms with Crippen LogP contribution in [0.5, 0.6) is 11.5 Å². The third kappa shape index (κ3) is 6.75. The molecule has 1 aliphatic rings. The monoisotopic (exact) mass is 398 g/mol. The number of thiocarbonyl (C=S) groups is 1. The Kier molecular flexibility index (Phi) is 6.66. The predicted molar refractivity (Wildman–Crippen MR) is 120 cm³/mol. The molecule has 0 aliphatic heterocycles. The van der Waals surface area contributed by atoms with Gasteiger partial charge in [-0.15, -0.1) is 0 Å². The van der Waals surface area contributed by atoms with Crippen LogP contribution in [0.15, 0.2) is 42.0 Å². The van der Waals surface area contributed by atoms with Crippen LogP contribution in [-0.2, 0) is 4.79 Å². The zero-order valence-electron chi connectivity index (χ0n) is 17.9. The quantitative estimate of drug-likeness (QED) is 0.438. The number of ether oxygens (including phenoxy) is 2. The zero-order chi connectivity index (χ0) is 21.1. The van der Waals surface area contributed by atoms with Gasteiger partial charge < -0.3 is 9.47 Å². The van der Waals surface area contributed by atoms with Crippen molar-refractivity contribution in [1.82, 2.24) is 0 Å². The van der Waals surface area contributed by atoms with Gasteiger partial charge in [0.1, 0.15) is 22.7 Å². The van der Waals surface area contributed by atoms with Crippen molar-refractivity contribution in [3.8, 4) is 11.5 Å². The van der Waals surface area contributed by atoms with Gasteiger partial charge in [0, 0.05) is 28.5 Å². The molecule has 0 spiro atoms. The summed E-state index contributed by atoms with van der Waals surface area (Å²) < 4.78 is 12.2. The van der Waals surface area contributed by atoms with Gasteiger partial charge in [0.2, 0.25) is 0 Å². The van der Waals surface area contributed by atoms with Crippen LogP contribution in [0.1, 0.15) is 59.1 Å². The standard InChI is InChI=1S/C24H30O3S/c1-16-14-18(10-13-20(25)17-8-11-19(28)12-9-17)22(27-24(5,6)7)15-21(16)26-23(2,3)4/h8-11,13-15H,12H2,1-7H3. The van der Waals surface area contributed by atoms with E-state index in [0.29, 0.717) is 17.7 Å². The van der Waals surface area contributed by atoms with Crippen LogP contribution in [0.3, 0.4) is 0 Å². The van der Waals surface area contributed by atoms with Crippen molar-refractivity contribution in [3.05, 3.63) is 53.1 Å². The molecule has 150 valence electrons. The molecule has 0 fully saturated rings. The number of hydrogen-bond donors (Lipinski definition) is 0. The summed E-state index contributed by atoms with van der Waals surface area (Å²) in [7, 11) is 0. The molecule has 0 unspecified atom stereocenters. The molecule has 0 atom stereocenters. The molecule has 0 heterocycles. The first-order valence-corrected chi connectivity index (χ1v) is 9.91. The second-order valence-corrected chi connectivity index (χ2v) is 9.47. The molecule has 4 heteroatoms. The second-order valence-electron chi connectivity index (χ2n) is 8.95. The van der Waals surface area contributed by atoms with Gasteiger partial charge in [0.15, 0.2) is 5.78 Å². The third-order valence-corrected chi connectivity index (χ3v) is 4.11. The van der Waals surface area contributed by atoms with Gasteiger partial charge in [0.05, 0.1) is 0 Å². The number of allylic oxidation sites excluding steroid dienone is 5. The number of carbonyl (C=O) groups is 1. The van der Waals surface area contributed by atoms with E-state index in [1.165, 1.54) is 0 Å². The molecule has 0 N–H and O–H groups in total. The Morgan fingerprint density at radius 1 is 1.00 bits per heavy atom. The van der Waals surface area contributed by atoms with Gasteiger partial charge in [-0.25, -0.2) is 0 Å². The number of aryl methyl sites for hydroxylation is 1. The molecule has 0 saturated heterocycles. The summed E-state index contributed by atoms with van der Waals surface area (Å²) in [6.07, 6.45) is 9.48. The van der Waals surface area contributed by atoms with E-state index in [4.69, 9.17) is 21.7 Å². The molecular formula is C24H30O3S. The molecule has 1 aliphatic carbocycles. The first-order valence-electron chi connectivity index (χ1n) is 9.50. The number of rotatable bonds is 5. The summed E-state index contributed by atoms with van der Waals surface area (Å²) in [4.78, 5) is 13.3. The molecule has 0 amide bonds. The highest BCUT2D eigenvalue weighted by atomic mass is 32.1. The molecular weight excluding hydrogens is 368 g/mol. The SMILES string of the molecule is Cc1cc(C=CC(=O)C2=CCC(=S)C=C2)c(OC(C)(C)C)cc1OC(C)(C)C. The maximum absolute atomic E-state index is 12.5. The molecule has 1 aromatic carbocycles. The zero-order valence-corrected chi connectivity index (χ0v) is 18.7. The van der Waals surface area contributed by atoms with Gasteiger partial charge in [-0.05, 0) is 78.3 Å². The van der Waals surface area contributed by atoms with Crippen LogP contribution in [-0.4, -0.2) is 21.8 Å². The molecule has 28 heavy (non-hydrogen) atoms. The Hall–Kier alpha value is -2.20. The lowest BCUT2D eigenvalue weighted by Gasteiger charge is -2.26. The van der Waals surface area contributed by atoms with Crippen molar-refractivity contribution in [2.24, 2.45) is 0 Å². The molecule has 0 radical (unpaired) electrons. The van der Waals surface area contributed by atoms with Gasteiger partial charge >= 0.3 is 0 Å². The Balaban J connectivity index is 2.36.